The highest BCUT2D eigenvalue weighted by Crippen LogP contribution is 2.34. The number of carbonyl (C=O) groups excluding carboxylic acids is 2. The Labute approximate surface area is 215 Å². The number of nitrogens with one attached hydrogen (secondary N) is 1. The van der Waals surface area contributed by atoms with Crippen LogP contribution in [-0.4, -0.2) is 48.9 Å². The fourth-order valence-corrected chi connectivity index (χ4v) is 5.21. The molecule has 2 aliphatic carbocycles. The minimum atomic E-state index is -0.776. The summed E-state index contributed by atoms with van der Waals surface area (Å²) in [5, 5.41) is 3.24. The lowest BCUT2D eigenvalue weighted by Crippen LogP contribution is -2.47. The van der Waals surface area contributed by atoms with E-state index in [9.17, 15) is 9.59 Å². The van der Waals surface area contributed by atoms with Gasteiger partial charge < -0.3 is 19.7 Å². The van der Waals surface area contributed by atoms with Crippen molar-refractivity contribution in [1.29, 1.82) is 0 Å². The highest BCUT2D eigenvalue weighted by molar-refractivity contribution is 6.27. The van der Waals surface area contributed by atoms with Crippen LogP contribution in [0, 0.1) is 0 Å². The van der Waals surface area contributed by atoms with Gasteiger partial charge in [0.15, 0.2) is 11.5 Å². The number of ether oxygens (including phenoxy) is 2. The maximum Gasteiger partial charge on any atom is 0.247 e. The van der Waals surface area contributed by atoms with Gasteiger partial charge in [-0.15, -0.1) is 11.6 Å². The lowest BCUT2D eigenvalue weighted by Gasteiger charge is -2.33. The second-order valence-corrected chi connectivity index (χ2v) is 9.85. The second-order valence-electron chi connectivity index (χ2n) is 9.58. The van der Waals surface area contributed by atoms with Crippen LogP contribution in [0.15, 0.2) is 29.8 Å². The zero-order valence-electron chi connectivity index (χ0n) is 21.3. The van der Waals surface area contributed by atoms with Crippen molar-refractivity contribution in [3.8, 4) is 11.5 Å². The smallest absolute Gasteiger partial charge is 0.247 e. The van der Waals surface area contributed by atoms with Gasteiger partial charge in [-0.3, -0.25) is 9.59 Å². The van der Waals surface area contributed by atoms with Gasteiger partial charge in [-0.2, -0.15) is 0 Å². The number of hydrogen-bond acceptors (Lipinski definition) is 4. The average Bonchev–Trinajstić information content (AvgIpc) is 2.90. The molecule has 1 atom stereocenters. The van der Waals surface area contributed by atoms with Crippen molar-refractivity contribution in [3.63, 3.8) is 0 Å². The largest absolute Gasteiger partial charge is 0.493 e. The van der Waals surface area contributed by atoms with E-state index in [1.165, 1.54) is 24.8 Å². The summed E-state index contributed by atoms with van der Waals surface area (Å²) < 4.78 is 11.4. The number of nitrogens with zero attached hydrogens (tertiary/aromatic N) is 1. The minimum absolute atomic E-state index is 0.141. The van der Waals surface area contributed by atoms with E-state index in [4.69, 9.17) is 21.1 Å². The summed E-state index contributed by atoms with van der Waals surface area (Å²) in [6, 6.07) is 4.89. The number of methoxy groups -OCH3 is 1. The molecular formula is C28H41ClN2O4. The van der Waals surface area contributed by atoms with Crippen LogP contribution < -0.4 is 14.8 Å². The number of carbonyl (C=O) groups is 2. The number of amides is 2. The zero-order valence-corrected chi connectivity index (χ0v) is 22.1. The van der Waals surface area contributed by atoms with Crippen molar-refractivity contribution in [1.82, 2.24) is 10.2 Å². The number of rotatable bonds is 12. The summed E-state index contributed by atoms with van der Waals surface area (Å²) in [5.74, 6) is 0.627. The Morgan fingerprint density at radius 1 is 1.14 bits per heavy atom. The zero-order chi connectivity index (χ0) is 25.0. The van der Waals surface area contributed by atoms with Gasteiger partial charge in [-0.25, -0.2) is 0 Å². The van der Waals surface area contributed by atoms with E-state index in [0.717, 1.165) is 51.4 Å². The molecule has 194 valence electrons. The third-order valence-electron chi connectivity index (χ3n) is 6.97. The molecule has 1 aromatic rings. The molecule has 0 spiro atoms. The molecule has 1 aromatic carbocycles. The predicted octanol–water partition coefficient (Wildman–Crippen LogP) is 5.93. The number of allylic oxidation sites excluding steroid dienone is 1. The SMILES string of the molecule is CCCOc1ccc([C@@H](C(=O)NC2CCCCC2)N(CCC2=CCCCC2)C(=O)CCl)cc1OC. The molecule has 1 N–H and O–H groups in total. The Balaban J connectivity index is 1.91. The molecule has 35 heavy (non-hydrogen) atoms. The molecule has 2 aliphatic rings. The first-order valence-corrected chi connectivity index (χ1v) is 13.7. The highest BCUT2D eigenvalue weighted by atomic mass is 35.5. The van der Waals surface area contributed by atoms with Gasteiger partial charge in [-0.1, -0.05) is 43.9 Å². The molecule has 0 saturated heterocycles. The van der Waals surface area contributed by atoms with Gasteiger partial charge in [0.25, 0.3) is 0 Å². The third-order valence-corrected chi connectivity index (χ3v) is 7.20. The van der Waals surface area contributed by atoms with Crippen LogP contribution in [0.1, 0.15) is 89.2 Å². The summed E-state index contributed by atoms with van der Waals surface area (Å²) in [5.41, 5.74) is 2.06. The Hall–Kier alpha value is -2.21. The molecule has 0 radical (unpaired) electrons. The number of alkyl halides is 1. The van der Waals surface area contributed by atoms with E-state index < -0.39 is 6.04 Å². The fourth-order valence-electron chi connectivity index (χ4n) is 5.06. The lowest BCUT2D eigenvalue weighted by atomic mass is 9.94. The minimum Gasteiger partial charge on any atom is -0.493 e. The normalized spacial score (nSPS) is 17.3. The molecule has 7 heteroatoms. The molecule has 0 bridgehead atoms. The quantitative estimate of drug-likeness (QED) is 0.283. The predicted molar refractivity (Wildman–Crippen MR) is 140 cm³/mol. The molecule has 1 saturated carbocycles. The van der Waals surface area contributed by atoms with Crippen LogP contribution in [-0.2, 0) is 9.59 Å². The summed E-state index contributed by atoms with van der Waals surface area (Å²) in [6.45, 7) is 3.08. The van der Waals surface area contributed by atoms with Crippen LogP contribution in [0.3, 0.4) is 0 Å². The summed E-state index contributed by atoms with van der Waals surface area (Å²) >= 11 is 6.06. The second kappa shape index (κ2) is 14.4. The van der Waals surface area contributed by atoms with Crippen LogP contribution in [0.2, 0.25) is 0 Å². The van der Waals surface area contributed by atoms with E-state index in [0.29, 0.717) is 30.2 Å². The highest BCUT2D eigenvalue weighted by Gasteiger charge is 2.33. The van der Waals surface area contributed by atoms with Gasteiger partial charge in [0.05, 0.1) is 13.7 Å². The Kier molecular flexibility index (Phi) is 11.2. The molecular weight excluding hydrogens is 464 g/mol. The van der Waals surface area contributed by atoms with Gasteiger partial charge in [0.2, 0.25) is 11.8 Å². The summed E-state index contributed by atoms with van der Waals surface area (Å²) in [7, 11) is 1.59. The van der Waals surface area contributed by atoms with E-state index in [1.807, 2.05) is 25.1 Å². The molecule has 1 fully saturated rings. The van der Waals surface area contributed by atoms with Gasteiger partial charge in [0.1, 0.15) is 11.9 Å². The van der Waals surface area contributed by atoms with E-state index >= 15 is 0 Å². The molecule has 2 amide bonds. The van der Waals surface area contributed by atoms with Crippen molar-refractivity contribution in [2.45, 2.75) is 89.6 Å². The number of halogens is 1. The third kappa shape index (κ3) is 7.89. The molecule has 0 aliphatic heterocycles. The molecule has 0 aromatic heterocycles. The van der Waals surface area contributed by atoms with Gasteiger partial charge in [0, 0.05) is 12.6 Å². The van der Waals surface area contributed by atoms with Crippen molar-refractivity contribution in [2.24, 2.45) is 0 Å². The Bertz CT molecular complexity index is 867. The fraction of sp³-hybridized carbons (Fsp3) is 0.643. The van der Waals surface area contributed by atoms with Crippen LogP contribution in [0.4, 0.5) is 0 Å². The van der Waals surface area contributed by atoms with Crippen LogP contribution >= 0.6 is 11.6 Å². The first-order valence-electron chi connectivity index (χ1n) is 13.2. The van der Waals surface area contributed by atoms with Crippen LogP contribution in [0.25, 0.3) is 0 Å². The average molecular weight is 505 g/mol. The van der Waals surface area contributed by atoms with E-state index in [1.54, 1.807) is 12.0 Å². The molecule has 0 heterocycles. The standard InChI is InChI=1S/C28H41ClN2O4/c1-3-18-35-24-15-14-22(19-25(24)34-2)27(28(33)30-23-12-8-5-9-13-23)31(26(32)20-29)17-16-21-10-6-4-7-11-21/h10,14-15,19,23,27H,3-9,11-13,16-18,20H2,1-2H3,(H,30,33)/t27-/m0/s1. The Morgan fingerprint density at radius 3 is 2.60 bits per heavy atom. The van der Waals surface area contributed by atoms with Crippen molar-refractivity contribution >= 4 is 23.4 Å². The number of benzene rings is 1. The molecule has 6 nitrogen and oxygen atoms in total. The maximum atomic E-state index is 13.7. The maximum absolute atomic E-state index is 13.7. The molecule has 3 rings (SSSR count). The first-order chi connectivity index (χ1) is 17.1. The lowest BCUT2D eigenvalue weighted by molar-refractivity contribution is -0.139. The topological polar surface area (TPSA) is 67.9 Å². The Morgan fingerprint density at radius 2 is 1.94 bits per heavy atom. The van der Waals surface area contributed by atoms with Crippen LogP contribution in [0.5, 0.6) is 11.5 Å². The number of hydrogen-bond donors (Lipinski definition) is 1. The molecule has 0 unspecified atom stereocenters. The summed E-state index contributed by atoms with van der Waals surface area (Å²) in [6.07, 6.45) is 13.8. The first kappa shape index (κ1) is 27.4. The van der Waals surface area contributed by atoms with Crippen molar-refractivity contribution in [2.75, 3.05) is 26.1 Å². The van der Waals surface area contributed by atoms with Crippen molar-refractivity contribution in [3.05, 3.63) is 35.4 Å². The monoisotopic (exact) mass is 504 g/mol. The van der Waals surface area contributed by atoms with Gasteiger partial charge in [-0.05, 0) is 69.1 Å². The van der Waals surface area contributed by atoms with E-state index in [2.05, 4.69) is 11.4 Å². The van der Waals surface area contributed by atoms with Gasteiger partial charge >= 0.3 is 0 Å². The summed E-state index contributed by atoms with van der Waals surface area (Å²) in [4.78, 5) is 28.5. The van der Waals surface area contributed by atoms with Crippen molar-refractivity contribution < 1.29 is 19.1 Å². The van der Waals surface area contributed by atoms with E-state index in [-0.39, 0.29) is 23.7 Å².